The van der Waals surface area contributed by atoms with Crippen LogP contribution in [0.25, 0.3) is 0 Å². The molecule has 33 heavy (non-hydrogen) atoms. The van der Waals surface area contributed by atoms with Crippen LogP contribution < -0.4 is 0 Å². The molecule has 4 aliphatic carbocycles. The third kappa shape index (κ3) is 2.85. The van der Waals surface area contributed by atoms with Gasteiger partial charge in [-0.1, -0.05) is 39.3 Å². The zero-order valence-corrected chi connectivity index (χ0v) is 21.1. The zero-order valence-electron chi connectivity index (χ0n) is 21.1. The van der Waals surface area contributed by atoms with Gasteiger partial charge in [-0.2, -0.15) is 0 Å². The van der Waals surface area contributed by atoms with Gasteiger partial charge in [-0.05, 0) is 110 Å². The first kappa shape index (κ1) is 22.8. The highest BCUT2D eigenvalue weighted by Gasteiger charge is 2.62. The predicted octanol–water partition coefficient (Wildman–Crippen LogP) is 6.81. The van der Waals surface area contributed by atoms with Crippen molar-refractivity contribution >= 4 is 5.97 Å². The molecule has 0 heterocycles. The summed E-state index contributed by atoms with van der Waals surface area (Å²) < 4.78 is 0. The van der Waals surface area contributed by atoms with Crippen molar-refractivity contribution in [2.45, 2.75) is 97.8 Å². The number of aliphatic carboxylic acids is 1. The van der Waals surface area contributed by atoms with Crippen molar-refractivity contribution in [1.29, 1.82) is 0 Å². The van der Waals surface area contributed by atoms with Gasteiger partial charge in [-0.3, -0.25) is 4.79 Å². The SMILES string of the molecule is Cc1c(O)c(O)cc2c1C(C)C=C1C2(C)CCC2C3C[C@](C)(C(=O)O)CCC3(C)CCC12C. The average Bonchev–Trinajstić information content (AvgIpc) is 2.74. The number of hydrogen-bond acceptors (Lipinski definition) is 3. The summed E-state index contributed by atoms with van der Waals surface area (Å²) in [4.78, 5) is 12.2. The number of rotatable bonds is 1. The fourth-order valence-corrected chi connectivity index (χ4v) is 8.79. The molecule has 1 aromatic carbocycles. The lowest BCUT2D eigenvalue weighted by atomic mass is 9.39. The molecular weight excluding hydrogens is 412 g/mol. The molecular formula is C29H40O4. The molecule has 0 saturated heterocycles. The van der Waals surface area contributed by atoms with E-state index in [-0.39, 0.29) is 33.7 Å². The first-order valence-electron chi connectivity index (χ1n) is 12.8. The molecule has 4 nitrogen and oxygen atoms in total. The molecule has 0 bridgehead atoms. The van der Waals surface area contributed by atoms with Crippen molar-refractivity contribution < 1.29 is 20.1 Å². The molecule has 3 saturated carbocycles. The smallest absolute Gasteiger partial charge is 0.309 e. The van der Waals surface area contributed by atoms with Crippen molar-refractivity contribution in [3.63, 3.8) is 0 Å². The minimum absolute atomic E-state index is 0.00421. The van der Waals surface area contributed by atoms with E-state index in [0.29, 0.717) is 11.8 Å². The number of phenols is 2. The van der Waals surface area contributed by atoms with Gasteiger partial charge in [0.05, 0.1) is 5.41 Å². The van der Waals surface area contributed by atoms with Crippen molar-refractivity contribution in [2.75, 3.05) is 0 Å². The highest BCUT2D eigenvalue weighted by Crippen LogP contribution is 2.70. The summed E-state index contributed by atoms with van der Waals surface area (Å²) in [6.07, 6.45) is 9.40. The molecule has 7 atom stereocenters. The Morgan fingerprint density at radius 3 is 2.33 bits per heavy atom. The molecule has 180 valence electrons. The first-order valence-corrected chi connectivity index (χ1v) is 12.8. The molecule has 0 spiro atoms. The lowest BCUT2D eigenvalue weighted by molar-refractivity contribution is -0.160. The van der Waals surface area contributed by atoms with E-state index in [1.165, 1.54) is 11.1 Å². The Bertz CT molecular complexity index is 1070. The van der Waals surface area contributed by atoms with Crippen LogP contribution in [0.4, 0.5) is 0 Å². The molecule has 5 rings (SSSR count). The van der Waals surface area contributed by atoms with Gasteiger partial charge in [-0.25, -0.2) is 0 Å². The van der Waals surface area contributed by atoms with E-state index < -0.39 is 11.4 Å². The zero-order chi connectivity index (χ0) is 24.1. The monoisotopic (exact) mass is 452 g/mol. The summed E-state index contributed by atoms with van der Waals surface area (Å²) in [6, 6.07) is 1.82. The molecule has 0 radical (unpaired) electrons. The Labute approximate surface area is 198 Å². The van der Waals surface area contributed by atoms with E-state index in [1.54, 1.807) is 0 Å². The second-order valence-electron chi connectivity index (χ2n) is 12.9. The van der Waals surface area contributed by atoms with Crippen LogP contribution in [0.2, 0.25) is 0 Å². The van der Waals surface area contributed by atoms with Crippen LogP contribution in [-0.4, -0.2) is 21.3 Å². The largest absolute Gasteiger partial charge is 0.504 e. The van der Waals surface area contributed by atoms with Crippen molar-refractivity contribution in [3.8, 4) is 11.5 Å². The van der Waals surface area contributed by atoms with Crippen LogP contribution in [0.15, 0.2) is 17.7 Å². The van der Waals surface area contributed by atoms with Crippen LogP contribution in [0.1, 0.15) is 102 Å². The van der Waals surface area contributed by atoms with Gasteiger partial charge in [-0.15, -0.1) is 0 Å². The van der Waals surface area contributed by atoms with Gasteiger partial charge < -0.3 is 15.3 Å². The Morgan fingerprint density at radius 1 is 1.00 bits per heavy atom. The topological polar surface area (TPSA) is 77.8 Å². The van der Waals surface area contributed by atoms with E-state index in [9.17, 15) is 20.1 Å². The fourth-order valence-electron chi connectivity index (χ4n) is 8.79. The number of carboxylic acids is 1. The minimum atomic E-state index is -0.636. The summed E-state index contributed by atoms with van der Waals surface area (Å²) in [5.74, 6) is 0.425. The molecule has 0 amide bonds. The Hall–Kier alpha value is -1.97. The standard InChI is InChI=1S/C29H40O4/c1-16-13-22-28(5,19-14-21(30)24(31)17(2)23(16)19)8-7-18-20-15-27(4,25(32)33)10-9-26(20,3)11-12-29(18,22)6/h13-14,16,18,20,30-31H,7-12,15H2,1-6H3,(H,32,33)/t16?,18?,20?,26?,27-,28?,29?/m1/s1. The highest BCUT2D eigenvalue weighted by molar-refractivity contribution is 5.74. The lowest BCUT2D eigenvalue weighted by Gasteiger charge is -2.65. The summed E-state index contributed by atoms with van der Waals surface area (Å²) in [5.41, 5.74) is 4.09. The second-order valence-corrected chi connectivity index (χ2v) is 12.9. The number of allylic oxidation sites excluding steroid dienone is 2. The number of phenolic OH excluding ortho intramolecular Hbond substituents is 2. The Kier molecular flexibility index (Phi) is 4.70. The number of hydrogen-bond donors (Lipinski definition) is 3. The van der Waals surface area contributed by atoms with Crippen LogP contribution in [0.3, 0.4) is 0 Å². The quantitative estimate of drug-likeness (QED) is 0.323. The first-order chi connectivity index (χ1) is 15.3. The van der Waals surface area contributed by atoms with Gasteiger partial charge in [0.25, 0.3) is 0 Å². The Morgan fingerprint density at radius 2 is 1.67 bits per heavy atom. The summed E-state index contributed by atoms with van der Waals surface area (Å²) >= 11 is 0. The maximum atomic E-state index is 12.2. The van der Waals surface area contributed by atoms with E-state index in [1.807, 2.05) is 19.9 Å². The predicted molar refractivity (Wildman–Crippen MR) is 130 cm³/mol. The van der Waals surface area contributed by atoms with Crippen LogP contribution in [0.5, 0.6) is 11.5 Å². The maximum absolute atomic E-state index is 12.2. The molecule has 4 aliphatic rings. The molecule has 3 N–H and O–H groups in total. The summed E-state index contributed by atoms with van der Waals surface area (Å²) in [6.45, 7) is 13.3. The molecule has 3 fully saturated rings. The number of carbonyl (C=O) groups is 1. The molecule has 0 aliphatic heterocycles. The lowest BCUT2D eigenvalue weighted by Crippen LogP contribution is -2.57. The fraction of sp³-hybridized carbons (Fsp3) is 0.690. The third-order valence-electron chi connectivity index (χ3n) is 11.1. The number of aromatic hydroxyl groups is 2. The summed E-state index contributed by atoms with van der Waals surface area (Å²) in [7, 11) is 0. The molecule has 4 heteroatoms. The van der Waals surface area contributed by atoms with Gasteiger partial charge in [0.2, 0.25) is 0 Å². The molecule has 0 aromatic heterocycles. The highest BCUT2D eigenvalue weighted by atomic mass is 16.4. The van der Waals surface area contributed by atoms with E-state index >= 15 is 0 Å². The van der Waals surface area contributed by atoms with E-state index in [4.69, 9.17) is 0 Å². The van der Waals surface area contributed by atoms with E-state index in [0.717, 1.165) is 56.1 Å². The van der Waals surface area contributed by atoms with Crippen molar-refractivity contribution in [1.82, 2.24) is 0 Å². The number of benzene rings is 1. The van der Waals surface area contributed by atoms with E-state index in [2.05, 4.69) is 33.8 Å². The number of fused-ring (bicyclic) bond motifs is 7. The number of carboxylic acid groups (broad SMARTS) is 1. The van der Waals surface area contributed by atoms with Gasteiger partial charge in [0.1, 0.15) is 0 Å². The average molecular weight is 453 g/mol. The van der Waals surface area contributed by atoms with Crippen molar-refractivity contribution in [3.05, 3.63) is 34.4 Å². The van der Waals surface area contributed by atoms with Crippen LogP contribution in [0, 0.1) is 35.0 Å². The third-order valence-corrected chi connectivity index (χ3v) is 11.1. The van der Waals surface area contributed by atoms with Gasteiger partial charge >= 0.3 is 5.97 Å². The van der Waals surface area contributed by atoms with Crippen LogP contribution in [-0.2, 0) is 10.2 Å². The van der Waals surface area contributed by atoms with Gasteiger partial charge in [0, 0.05) is 5.41 Å². The molecule has 6 unspecified atom stereocenters. The maximum Gasteiger partial charge on any atom is 0.309 e. The normalized spacial score (nSPS) is 44.1. The van der Waals surface area contributed by atoms with Crippen LogP contribution >= 0.6 is 0 Å². The second kappa shape index (κ2) is 6.79. The van der Waals surface area contributed by atoms with Gasteiger partial charge in [0.15, 0.2) is 11.5 Å². The summed E-state index contributed by atoms with van der Waals surface area (Å²) in [5, 5.41) is 31.0. The Balaban J connectivity index is 1.62. The molecule has 1 aromatic rings. The van der Waals surface area contributed by atoms with Crippen molar-refractivity contribution in [2.24, 2.45) is 28.1 Å². The minimum Gasteiger partial charge on any atom is -0.504 e.